The number of imide groups is 1. The molecular formula is C20H25NO5. The van der Waals surface area contributed by atoms with Crippen molar-refractivity contribution in [1.82, 2.24) is 4.90 Å². The van der Waals surface area contributed by atoms with Gasteiger partial charge in [0.2, 0.25) is 11.8 Å². The Kier molecular flexibility index (Phi) is 4.61. The average Bonchev–Trinajstić information content (AvgIpc) is 3.30. The van der Waals surface area contributed by atoms with E-state index in [1.807, 2.05) is 32.0 Å². The van der Waals surface area contributed by atoms with Gasteiger partial charge < -0.3 is 14.2 Å². The van der Waals surface area contributed by atoms with Crippen LogP contribution in [-0.4, -0.2) is 48.7 Å². The third-order valence-corrected chi connectivity index (χ3v) is 5.61. The van der Waals surface area contributed by atoms with Crippen LogP contribution in [0, 0.1) is 11.8 Å². The Morgan fingerprint density at radius 3 is 2.23 bits per heavy atom. The Balaban J connectivity index is 1.45. The summed E-state index contributed by atoms with van der Waals surface area (Å²) >= 11 is 0. The minimum absolute atomic E-state index is 0.0526. The quantitative estimate of drug-likeness (QED) is 0.698. The van der Waals surface area contributed by atoms with E-state index in [2.05, 4.69) is 0 Å². The fraction of sp³-hybridized carbons (Fsp3) is 0.600. The first-order valence-electron chi connectivity index (χ1n) is 9.53. The van der Waals surface area contributed by atoms with E-state index in [1.54, 1.807) is 0 Å². The Morgan fingerprint density at radius 2 is 1.62 bits per heavy atom. The molecule has 0 N–H and O–H groups in total. The molecule has 1 aromatic rings. The van der Waals surface area contributed by atoms with Gasteiger partial charge in [0.15, 0.2) is 11.5 Å². The lowest BCUT2D eigenvalue weighted by molar-refractivity contribution is -0.142. The van der Waals surface area contributed by atoms with E-state index in [9.17, 15) is 9.59 Å². The molecule has 0 aliphatic carbocycles. The first-order valence-corrected chi connectivity index (χ1v) is 9.53. The molecule has 0 aromatic heterocycles. The molecular weight excluding hydrogens is 334 g/mol. The molecule has 6 nitrogen and oxygen atoms in total. The van der Waals surface area contributed by atoms with Crippen LogP contribution >= 0.6 is 0 Å². The molecule has 0 unspecified atom stereocenters. The summed E-state index contributed by atoms with van der Waals surface area (Å²) in [4.78, 5) is 26.8. The summed E-state index contributed by atoms with van der Waals surface area (Å²) in [7, 11) is 0. The molecule has 3 saturated heterocycles. The largest absolute Gasteiger partial charge is 0.490 e. The van der Waals surface area contributed by atoms with Crippen molar-refractivity contribution < 1.29 is 23.8 Å². The number of hydrogen-bond donors (Lipinski definition) is 0. The van der Waals surface area contributed by atoms with E-state index in [-0.39, 0.29) is 35.9 Å². The van der Waals surface area contributed by atoms with E-state index in [4.69, 9.17) is 14.2 Å². The molecule has 4 atom stereocenters. The molecule has 0 saturated carbocycles. The third kappa shape index (κ3) is 2.76. The topological polar surface area (TPSA) is 65.1 Å². The van der Waals surface area contributed by atoms with Crippen LogP contribution in [0.2, 0.25) is 0 Å². The van der Waals surface area contributed by atoms with Gasteiger partial charge in [-0.05, 0) is 50.8 Å². The van der Waals surface area contributed by atoms with E-state index >= 15 is 0 Å². The van der Waals surface area contributed by atoms with Crippen molar-refractivity contribution in [3.63, 3.8) is 0 Å². The molecule has 26 heavy (non-hydrogen) atoms. The zero-order valence-electron chi connectivity index (χ0n) is 15.3. The summed E-state index contributed by atoms with van der Waals surface area (Å²) in [6.07, 6.45) is 2.30. The minimum Gasteiger partial charge on any atom is -0.490 e. The maximum atomic E-state index is 12.7. The summed E-state index contributed by atoms with van der Waals surface area (Å²) in [6, 6.07) is 5.79. The highest BCUT2D eigenvalue weighted by atomic mass is 16.5. The first-order chi connectivity index (χ1) is 12.6. The second-order valence-electron chi connectivity index (χ2n) is 7.07. The number of rotatable bonds is 7. The summed E-state index contributed by atoms with van der Waals surface area (Å²) in [5, 5.41) is 0. The van der Waals surface area contributed by atoms with E-state index in [0.717, 1.165) is 24.2 Å². The molecule has 2 amide bonds. The molecule has 3 aliphatic rings. The number of benzene rings is 1. The van der Waals surface area contributed by atoms with Gasteiger partial charge in [0.1, 0.15) is 0 Å². The van der Waals surface area contributed by atoms with Crippen LogP contribution in [0.3, 0.4) is 0 Å². The highest BCUT2D eigenvalue weighted by molar-refractivity contribution is 6.06. The monoisotopic (exact) mass is 359 g/mol. The number of likely N-dealkylation sites (tertiary alicyclic amines) is 1. The zero-order valence-corrected chi connectivity index (χ0v) is 15.3. The summed E-state index contributed by atoms with van der Waals surface area (Å²) in [5.41, 5.74) is 1.02. The fourth-order valence-electron chi connectivity index (χ4n) is 4.49. The van der Waals surface area contributed by atoms with Crippen LogP contribution in [0.1, 0.15) is 32.3 Å². The van der Waals surface area contributed by atoms with Gasteiger partial charge in [0, 0.05) is 6.54 Å². The van der Waals surface area contributed by atoms with Gasteiger partial charge in [-0.2, -0.15) is 0 Å². The zero-order chi connectivity index (χ0) is 18.3. The van der Waals surface area contributed by atoms with Gasteiger partial charge in [-0.15, -0.1) is 0 Å². The lowest BCUT2D eigenvalue weighted by Crippen LogP contribution is -2.35. The van der Waals surface area contributed by atoms with E-state index in [0.29, 0.717) is 31.9 Å². The average molecular weight is 359 g/mol. The molecule has 0 radical (unpaired) electrons. The highest BCUT2D eigenvalue weighted by Crippen LogP contribution is 2.48. The van der Waals surface area contributed by atoms with Crippen molar-refractivity contribution in [2.75, 3.05) is 19.8 Å². The van der Waals surface area contributed by atoms with Crippen LogP contribution in [0.4, 0.5) is 0 Å². The van der Waals surface area contributed by atoms with Crippen molar-refractivity contribution in [3.05, 3.63) is 23.8 Å². The van der Waals surface area contributed by atoms with Crippen LogP contribution in [0.15, 0.2) is 18.2 Å². The number of ether oxygens (including phenoxy) is 3. The van der Waals surface area contributed by atoms with Crippen LogP contribution < -0.4 is 9.47 Å². The minimum atomic E-state index is -0.249. The lowest BCUT2D eigenvalue weighted by Gasteiger charge is -2.18. The van der Waals surface area contributed by atoms with Crippen molar-refractivity contribution in [2.24, 2.45) is 11.8 Å². The van der Waals surface area contributed by atoms with Crippen LogP contribution in [0.5, 0.6) is 11.5 Å². The van der Waals surface area contributed by atoms with Gasteiger partial charge in [-0.3, -0.25) is 14.5 Å². The van der Waals surface area contributed by atoms with Gasteiger partial charge >= 0.3 is 0 Å². The predicted molar refractivity (Wildman–Crippen MR) is 94.1 cm³/mol. The molecule has 3 fully saturated rings. The fourth-order valence-corrected chi connectivity index (χ4v) is 4.49. The maximum Gasteiger partial charge on any atom is 0.235 e. The van der Waals surface area contributed by atoms with E-state index < -0.39 is 0 Å². The number of fused-ring (bicyclic) bond motifs is 5. The van der Waals surface area contributed by atoms with Crippen molar-refractivity contribution >= 4 is 11.8 Å². The molecule has 1 aromatic carbocycles. The normalized spacial score (nSPS) is 29.4. The van der Waals surface area contributed by atoms with Crippen LogP contribution in [-0.2, 0) is 20.7 Å². The first kappa shape index (κ1) is 17.3. The van der Waals surface area contributed by atoms with Gasteiger partial charge in [-0.25, -0.2) is 0 Å². The molecule has 3 aliphatic heterocycles. The second kappa shape index (κ2) is 6.91. The Hall–Kier alpha value is -2.08. The summed E-state index contributed by atoms with van der Waals surface area (Å²) < 4.78 is 17.0. The number of carbonyl (C=O) groups is 2. The molecule has 140 valence electrons. The van der Waals surface area contributed by atoms with E-state index in [1.165, 1.54) is 4.90 Å². The van der Waals surface area contributed by atoms with Gasteiger partial charge in [0.25, 0.3) is 0 Å². The molecule has 4 rings (SSSR count). The molecule has 0 spiro atoms. The Bertz CT molecular complexity index is 690. The van der Waals surface area contributed by atoms with Crippen molar-refractivity contribution in [1.29, 1.82) is 0 Å². The smallest absolute Gasteiger partial charge is 0.235 e. The number of carbonyl (C=O) groups excluding carboxylic acids is 2. The highest BCUT2D eigenvalue weighted by Gasteiger charge is 2.62. The number of amides is 2. The number of hydrogen-bond acceptors (Lipinski definition) is 5. The van der Waals surface area contributed by atoms with Gasteiger partial charge in [0.05, 0.1) is 37.3 Å². The van der Waals surface area contributed by atoms with Crippen LogP contribution in [0.25, 0.3) is 0 Å². The Labute approximate surface area is 153 Å². The predicted octanol–water partition coefficient (Wildman–Crippen LogP) is 2.19. The van der Waals surface area contributed by atoms with Crippen molar-refractivity contribution in [2.45, 2.75) is 45.3 Å². The third-order valence-electron chi connectivity index (χ3n) is 5.61. The summed E-state index contributed by atoms with van der Waals surface area (Å²) in [5.74, 6) is 0.816. The molecule has 2 bridgehead atoms. The lowest BCUT2D eigenvalue weighted by atomic mass is 9.81. The number of nitrogens with zero attached hydrogens (tertiary/aromatic N) is 1. The SMILES string of the molecule is CCOc1ccc(CCN2C(=O)[C@@H]3[C@H](C2=O)[C@H]2CC[C@@H]3O2)cc1OCC. The standard InChI is InChI=1S/C20H25NO5/c1-3-24-13-6-5-12(11-16(13)25-4-2)9-10-21-19(22)17-14-7-8-15(26-14)18(17)20(21)23/h5-6,11,14-15,17-18H,3-4,7-10H2,1-2H3/t14-,15+,17-,18+. The maximum absolute atomic E-state index is 12.7. The van der Waals surface area contributed by atoms with Crippen molar-refractivity contribution in [3.8, 4) is 11.5 Å². The second-order valence-corrected chi connectivity index (χ2v) is 7.07. The Morgan fingerprint density at radius 1 is 1.00 bits per heavy atom. The summed E-state index contributed by atoms with van der Waals surface area (Å²) in [6.45, 7) is 5.40. The molecule has 6 heteroatoms. The molecule has 3 heterocycles. The van der Waals surface area contributed by atoms with Gasteiger partial charge in [-0.1, -0.05) is 6.07 Å².